The molecule has 2 aromatic rings. The van der Waals surface area contributed by atoms with Crippen LogP contribution >= 0.6 is 0 Å². The predicted octanol–water partition coefficient (Wildman–Crippen LogP) is 2.63. The van der Waals surface area contributed by atoms with Gasteiger partial charge in [0.15, 0.2) is 0 Å². The van der Waals surface area contributed by atoms with E-state index < -0.39 is 0 Å². The first-order chi connectivity index (χ1) is 15.4. The molecule has 2 amide bonds. The fourth-order valence-corrected chi connectivity index (χ4v) is 6.52. The number of imidazole rings is 1. The number of amides is 2. The normalized spacial score (nSPS) is 28.5. The van der Waals surface area contributed by atoms with Gasteiger partial charge in [-0.25, -0.2) is 4.98 Å². The summed E-state index contributed by atoms with van der Waals surface area (Å²) >= 11 is 0. The van der Waals surface area contributed by atoms with Gasteiger partial charge in [-0.05, 0) is 67.4 Å². The Balaban J connectivity index is 1.27. The second-order valence-electron chi connectivity index (χ2n) is 10.6. The summed E-state index contributed by atoms with van der Waals surface area (Å²) in [6.45, 7) is 6.76. The van der Waals surface area contributed by atoms with Gasteiger partial charge in [-0.15, -0.1) is 0 Å². The molecule has 4 aliphatic rings. The Labute approximate surface area is 189 Å². The van der Waals surface area contributed by atoms with Crippen molar-refractivity contribution in [2.75, 3.05) is 19.6 Å². The lowest BCUT2D eigenvalue weighted by atomic mass is 9.45. The van der Waals surface area contributed by atoms with Crippen LogP contribution in [0.2, 0.25) is 0 Å². The van der Waals surface area contributed by atoms with E-state index in [9.17, 15) is 9.59 Å². The molecule has 3 aliphatic carbocycles. The third-order valence-corrected chi connectivity index (χ3v) is 8.60. The molecular formula is C25H35N5O2. The smallest absolute Gasteiger partial charge is 0.268 e. The van der Waals surface area contributed by atoms with Crippen molar-refractivity contribution >= 4 is 17.5 Å². The van der Waals surface area contributed by atoms with Gasteiger partial charge >= 0.3 is 0 Å². The summed E-state index contributed by atoms with van der Waals surface area (Å²) in [5.41, 5.74) is 8.18. The summed E-state index contributed by atoms with van der Waals surface area (Å²) < 4.78 is 1.81. The van der Waals surface area contributed by atoms with Gasteiger partial charge in [0.1, 0.15) is 11.3 Å². The SMILES string of the molecule is CC1(C)[C@@H]2CC[C@@H](CNC(=O)c3cccc4nc(CC(=O)N5CCCC5CN)cn34)[C@@H]1C2. The number of nitrogens with zero attached hydrogens (tertiary/aromatic N) is 3. The van der Waals surface area contributed by atoms with Gasteiger partial charge in [-0.1, -0.05) is 19.9 Å². The minimum absolute atomic E-state index is 0.0612. The summed E-state index contributed by atoms with van der Waals surface area (Å²) in [6.07, 6.45) is 7.83. The zero-order valence-corrected chi connectivity index (χ0v) is 19.2. The van der Waals surface area contributed by atoms with Crippen LogP contribution in [0.25, 0.3) is 5.65 Å². The molecule has 4 atom stereocenters. The Bertz CT molecular complexity index is 1030. The molecule has 3 heterocycles. The summed E-state index contributed by atoms with van der Waals surface area (Å²) in [4.78, 5) is 32.3. The molecule has 6 rings (SSSR count). The third kappa shape index (κ3) is 3.60. The van der Waals surface area contributed by atoms with Crippen molar-refractivity contribution in [1.82, 2.24) is 19.6 Å². The van der Waals surface area contributed by atoms with Gasteiger partial charge in [-0.3, -0.25) is 14.0 Å². The summed E-state index contributed by atoms with van der Waals surface area (Å²) in [6, 6.07) is 5.69. The topological polar surface area (TPSA) is 92.7 Å². The zero-order valence-electron chi connectivity index (χ0n) is 19.2. The lowest BCUT2D eigenvalue weighted by molar-refractivity contribution is -0.131. The van der Waals surface area contributed by atoms with Crippen molar-refractivity contribution in [3.05, 3.63) is 35.8 Å². The first-order valence-electron chi connectivity index (χ1n) is 12.1. The van der Waals surface area contributed by atoms with Crippen LogP contribution in [0.4, 0.5) is 0 Å². The number of pyridine rings is 1. The molecule has 1 unspecified atom stereocenters. The number of nitrogens with one attached hydrogen (secondary N) is 1. The van der Waals surface area contributed by atoms with Crippen LogP contribution in [-0.2, 0) is 11.2 Å². The fraction of sp³-hybridized carbons (Fsp3) is 0.640. The molecule has 1 aliphatic heterocycles. The van der Waals surface area contributed by atoms with Gasteiger partial charge in [0.05, 0.1) is 12.1 Å². The molecule has 4 fully saturated rings. The molecule has 0 spiro atoms. The average Bonchev–Trinajstić information content (AvgIpc) is 3.43. The first kappa shape index (κ1) is 21.4. The molecule has 3 N–H and O–H groups in total. The highest BCUT2D eigenvalue weighted by atomic mass is 16.2. The Morgan fingerprint density at radius 3 is 2.84 bits per heavy atom. The van der Waals surface area contributed by atoms with Gasteiger partial charge in [0.25, 0.3) is 5.91 Å². The molecule has 7 heteroatoms. The van der Waals surface area contributed by atoms with E-state index in [0.29, 0.717) is 40.8 Å². The van der Waals surface area contributed by atoms with Crippen molar-refractivity contribution in [2.45, 2.75) is 58.4 Å². The van der Waals surface area contributed by atoms with Gasteiger partial charge in [-0.2, -0.15) is 0 Å². The van der Waals surface area contributed by atoms with E-state index in [0.717, 1.165) is 31.8 Å². The first-order valence-corrected chi connectivity index (χ1v) is 12.1. The molecule has 1 saturated heterocycles. The minimum Gasteiger partial charge on any atom is -0.350 e. The van der Waals surface area contributed by atoms with E-state index >= 15 is 0 Å². The monoisotopic (exact) mass is 437 g/mol. The molecule has 172 valence electrons. The van der Waals surface area contributed by atoms with Crippen LogP contribution in [0.1, 0.15) is 62.1 Å². The van der Waals surface area contributed by atoms with Crippen LogP contribution in [0.15, 0.2) is 24.4 Å². The summed E-state index contributed by atoms with van der Waals surface area (Å²) in [5, 5.41) is 3.19. The highest BCUT2D eigenvalue weighted by Gasteiger charge is 2.53. The van der Waals surface area contributed by atoms with Gasteiger partial charge < -0.3 is 16.0 Å². The van der Waals surface area contributed by atoms with Crippen molar-refractivity contribution in [3.8, 4) is 0 Å². The van der Waals surface area contributed by atoms with E-state index in [1.165, 1.54) is 19.3 Å². The minimum atomic E-state index is -0.0760. The number of likely N-dealkylation sites (tertiary alicyclic amines) is 1. The maximum atomic E-state index is 13.1. The molecule has 2 bridgehead atoms. The highest BCUT2D eigenvalue weighted by Crippen LogP contribution is 2.61. The average molecular weight is 438 g/mol. The number of carbonyl (C=O) groups is 2. The number of hydrogen-bond donors (Lipinski definition) is 2. The fourth-order valence-electron chi connectivity index (χ4n) is 6.52. The van der Waals surface area contributed by atoms with Crippen LogP contribution in [0.3, 0.4) is 0 Å². The molecular weight excluding hydrogens is 402 g/mol. The predicted molar refractivity (Wildman–Crippen MR) is 123 cm³/mol. The second-order valence-corrected chi connectivity index (χ2v) is 10.6. The van der Waals surface area contributed by atoms with E-state index in [2.05, 4.69) is 24.1 Å². The lowest BCUT2D eigenvalue weighted by Gasteiger charge is -2.60. The number of fused-ring (bicyclic) bond motifs is 3. The standard InChI is InChI=1S/C25H35N5O2/c1-25(2)17-9-8-16(20(25)11-17)14-27-24(32)21-6-3-7-22-28-18(15-30(21)22)12-23(31)29-10-4-5-19(29)13-26/h3,6-7,15-17,19-20H,4-5,8-14,26H2,1-2H3,(H,27,32)/t16-,17+,19?,20-/m0/s1. The maximum Gasteiger partial charge on any atom is 0.268 e. The number of carbonyl (C=O) groups excluding carboxylic acids is 2. The Morgan fingerprint density at radius 2 is 2.09 bits per heavy atom. The number of nitrogens with two attached hydrogens (primary N) is 1. The van der Waals surface area contributed by atoms with Crippen molar-refractivity contribution in [2.24, 2.45) is 28.9 Å². The summed E-state index contributed by atoms with van der Waals surface area (Å²) in [5.74, 6) is 2.12. The van der Waals surface area contributed by atoms with Crippen molar-refractivity contribution in [3.63, 3.8) is 0 Å². The largest absolute Gasteiger partial charge is 0.350 e. The van der Waals surface area contributed by atoms with Gasteiger partial charge in [0.2, 0.25) is 5.91 Å². The molecule has 0 aromatic carbocycles. The van der Waals surface area contributed by atoms with Crippen LogP contribution < -0.4 is 11.1 Å². The van der Waals surface area contributed by atoms with Crippen molar-refractivity contribution in [1.29, 1.82) is 0 Å². The zero-order chi connectivity index (χ0) is 22.5. The van der Waals surface area contributed by atoms with E-state index in [4.69, 9.17) is 5.73 Å². The van der Waals surface area contributed by atoms with Crippen LogP contribution in [-0.4, -0.2) is 51.8 Å². The molecule has 7 nitrogen and oxygen atoms in total. The van der Waals surface area contributed by atoms with E-state index in [1.807, 2.05) is 33.7 Å². The summed E-state index contributed by atoms with van der Waals surface area (Å²) in [7, 11) is 0. The number of rotatable bonds is 6. The molecule has 0 radical (unpaired) electrons. The Kier molecular flexibility index (Phi) is 5.48. The Hall–Kier alpha value is -2.41. The van der Waals surface area contributed by atoms with Crippen LogP contribution in [0, 0.1) is 23.2 Å². The maximum absolute atomic E-state index is 13.1. The number of aromatic nitrogens is 2. The highest BCUT2D eigenvalue weighted by molar-refractivity contribution is 5.93. The van der Waals surface area contributed by atoms with Crippen molar-refractivity contribution < 1.29 is 9.59 Å². The molecule has 2 aromatic heterocycles. The third-order valence-electron chi connectivity index (χ3n) is 8.60. The van der Waals surface area contributed by atoms with Crippen LogP contribution in [0.5, 0.6) is 0 Å². The Morgan fingerprint density at radius 1 is 1.25 bits per heavy atom. The van der Waals surface area contributed by atoms with Gasteiger partial charge in [0, 0.05) is 31.9 Å². The molecule has 32 heavy (non-hydrogen) atoms. The number of hydrogen-bond acceptors (Lipinski definition) is 4. The van der Waals surface area contributed by atoms with E-state index in [-0.39, 0.29) is 24.3 Å². The van der Waals surface area contributed by atoms with E-state index in [1.54, 1.807) is 0 Å². The quantitative estimate of drug-likeness (QED) is 0.727. The second kappa shape index (κ2) is 8.18. The molecule has 3 saturated carbocycles. The lowest BCUT2D eigenvalue weighted by Crippen LogP contribution is -2.54.